The van der Waals surface area contributed by atoms with E-state index >= 15 is 0 Å². The smallest absolute Gasteiger partial charge is 0.194 e. The summed E-state index contributed by atoms with van der Waals surface area (Å²) in [4.78, 5) is 0. The summed E-state index contributed by atoms with van der Waals surface area (Å²) < 4.78 is 2.79. The predicted octanol–water partition coefficient (Wildman–Crippen LogP) is 3.16. The van der Waals surface area contributed by atoms with Gasteiger partial charge in [0.25, 0.3) is 0 Å². The molecule has 84 valence electrons. The third-order valence-electron chi connectivity index (χ3n) is 3.44. The van der Waals surface area contributed by atoms with Gasteiger partial charge in [0, 0.05) is 6.54 Å². The van der Waals surface area contributed by atoms with E-state index in [1.54, 1.807) is 6.33 Å². The van der Waals surface area contributed by atoms with Crippen molar-refractivity contribution >= 4 is 12.2 Å². The van der Waals surface area contributed by atoms with Gasteiger partial charge < -0.3 is 4.57 Å². The van der Waals surface area contributed by atoms with Crippen LogP contribution in [-0.2, 0) is 6.54 Å². The highest BCUT2D eigenvalue weighted by Crippen LogP contribution is 2.30. The van der Waals surface area contributed by atoms with E-state index in [4.69, 9.17) is 12.2 Å². The minimum atomic E-state index is 0.749. The molecule has 1 N–H and O–H groups in total. The Labute approximate surface area is 95.9 Å². The van der Waals surface area contributed by atoms with Gasteiger partial charge in [0.15, 0.2) is 4.77 Å². The summed E-state index contributed by atoms with van der Waals surface area (Å²) in [6.07, 6.45) is 8.66. The predicted molar refractivity (Wildman–Crippen MR) is 63.2 cm³/mol. The fraction of sp³-hybridized carbons (Fsp3) is 0.818. The van der Waals surface area contributed by atoms with E-state index in [0.717, 1.165) is 23.2 Å². The molecule has 1 aromatic rings. The summed E-state index contributed by atoms with van der Waals surface area (Å²) in [6.45, 7) is 3.39. The van der Waals surface area contributed by atoms with Gasteiger partial charge in [-0.05, 0) is 36.9 Å². The molecule has 0 bridgehead atoms. The summed E-state index contributed by atoms with van der Waals surface area (Å²) >= 11 is 5.12. The number of rotatable bonds is 3. The van der Waals surface area contributed by atoms with Gasteiger partial charge >= 0.3 is 0 Å². The van der Waals surface area contributed by atoms with Crippen molar-refractivity contribution in [2.45, 2.75) is 45.6 Å². The summed E-state index contributed by atoms with van der Waals surface area (Å²) in [5.41, 5.74) is 0. The largest absolute Gasteiger partial charge is 0.307 e. The molecule has 0 amide bonds. The molecule has 0 saturated heterocycles. The second-order valence-electron chi connectivity index (χ2n) is 4.78. The second-order valence-corrected chi connectivity index (χ2v) is 5.17. The molecule has 4 heteroatoms. The van der Waals surface area contributed by atoms with Gasteiger partial charge in [0.2, 0.25) is 0 Å². The van der Waals surface area contributed by atoms with Gasteiger partial charge in [-0.1, -0.05) is 26.2 Å². The highest BCUT2D eigenvalue weighted by molar-refractivity contribution is 7.71. The number of nitrogens with zero attached hydrogens (tertiary/aromatic N) is 2. The van der Waals surface area contributed by atoms with Gasteiger partial charge in [0.1, 0.15) is 6.33 Å². The van der Waals surface area contributed by atoms with Crippen LogP contribution in [0.5, 0.6) is 0 Å². The summed E-state index contributed by atoms with van der Waals surface area (Å²) in [7, 11) is 0. The summed E-state index contributed by atoms with van der Waals surface area (Å²) in [5.74, 6) is 1.81. The first-order valence-electron chi connectivity index (χ1n) is 5.85. The molecule has 2 unspecified atom stereocenters. The fourth-order valence-corrected chi connectivity index (χ4v) is 2.76. The van der Waals surface area contributed by atoms with E-state index in [2.05, 4.69) is 17.1 Å². The van der Waals surface area contributed by atoms with Crippen LogP contribution in [0.4, 0.5) is 0 Å². The Bertz CT molecular complexity index is 355. The fourth-order valence-electron chi connectivity index (χ4n) is 2.57. The Balaban J connectivity index is 1.83. The van der Waals surface area contributed by atoms with E-state index in [1.165, 1.54) is 32.1 Å². The molecule has 1 aliphatic carbocycles. The molecule has 15 heavy (non-hydrogen) atoms. The van der Waals surface area contributed by atoms with Crippen molar-refractivity contribution in [3.05, 3.63) is 11.1 Å². The lowest BCUT2D eigenvalue weighted by Gasteiger charge is -2.26. The molecule has 1 saturated carbocycles. The van der Waals surface area contributed by atoms with Crippen LogP contribution in [0.2, 0.25) is 0 Å². The number of aromatic amines is 1. The SMILES string of the molecule is CC1CCCC(CCn2cn[nH]c2=S)C1. The maximum Gasteiger partial charge on any atom is 0.194 e. The summed E-state index contributed by atoms with van der Waals surface area (Å²) in [5, 5.41) is 6.73. The van der Waals surface area contributed by atoms with Crippen LogP contribution in [-0.4, -0.2) is 14.8 Å². The van der Waals surface area contributed by atoms with Crippen LogP contribution in [0.15, 0.2) is 6.33 Å². The Kier molecular flexibility index (Phi) is 3.57. The average molecular weight is 225 g/mol. The minimum absolute atomic E-state index is 0.749. The molecule has 0 radical (unpaired) electrons. The molecule has 2 atom stereocenters. The van der Waals surface area contributed by atoms with Crippen molar-refractivity contribution in [2.24, 2.45) is 11.8 Å². The first-order chi connectivity index (χ1) is 7.25. The third kappa shape index (κ3) is 2.91. The van der Waals surface area contributed by atoms with Gasteiger partial charge in [-0.15, -0.1) is 0 Å². The maximum absolute atomic E-state index is 5.12. The lowest BCUT2D eigenvalue weighted by atomic mass is 9.81. The Morgan fingerprint density at radius 2 is 2.47 bits per heavy atom. The standard InChI is InChI=1S/C11H19N3S/c1-9-3-2-4-10(7-9)5-6-14-8-12-13-11(14)15/h8-10H,2-7H2,1H3,(H,13,15). The van der Waals surface area contributed by atoms with Gasteiger partial charge in [0.05, 0.1) is 0 Å². The van der Waals surface area contributed by atoms with E-state index < -0.39 is 0 Å². The molecular weight excluding hydrogens is 206 g/mol. The summed E-state index contributed by atoms with van der Waals surface area (Å²) in [6, 6.07) is 0. The van der Waals surface area contributed by atoms with E-state index in [9.17, 15) is 0 Å². The van der Waals surface area contributed by atoms with Gasteiger partial charge in [-0.2, -0.15) is 5.10 Å². The molecule has 3 nitrogen and oxygen atoms in total. The lowest BCUT2D eigenvalue weighted by molar-refractivity contribution is 0.260. The minimum Gasteiger partial charge on any atom is -0.307 e. The molecule has 1 fully saturated rings. The van der Waals surface area contributed by atoms with Gasteiger partial charge in [-0.3, -0.25) is 5.10 Å². The quantitative estimate of drug-likeness (QED) is 0.802. The molecule has 0 spiro atoms. The average Bonchev–Trinajstić information content (AvgIpc) is 2.61. The highest BCUT2D eigenvalue weighted by Gasteiger charge is 2.18. The number of aryl methyl sites for hydroxylation is 1. The van der Waals surface area contributed by atoms with Crippen LogP contribution in [0.1, 0.15) is 39.0 Å². The Hall–Kier alpha value is -0.640. The first kappa shape index (κ1) is 10.9. The zero-order valence-corrected chi connectivity index (χ0v) is 10.1. The topological polar surface area (TPSA) is 33.6 Å². The molecular formula is C11H19N3S. The molecule has 0 aliphatic heterocycles. The van der Waals surface area contributed by atoms with Crippen molar-refractivity contribution in [1.82, 2.24) is 14.8 Å². The van der Waals surface area contributed by atoms with Crippen molar-refractivity contribution in [2.75, 3.05) is 0 Å². The van der Waals surface area contributed by atoms with Crippen LogP contribution in [0.3, 0.4) is 0 Å². The van der Waals surface area contributed by atoms with Crippen molar-refractivity contribution in [3.8, 4) is 0 Å². The van der Waals surface area contributed by atoms with Crippen molar-refractivity contribution < 1.29 is 0 Å². The highest BCUT2D eigenvalue weighted by atomic mass is 32.1. The Morgan fingerprint density at radius 1 is 1.60 bits per heavy atom. The molecule has 0 aromatic carbocycles. The van der Waals surface area contributed by atoms with Crippen LogP contribution in [0, 0.1) is 16.6 Å². The zero-order valence-electron chi connectivity index (χ0n) is 9.28. The second kappa shape index (κ2) is 4.92. The van der Waals surface area contributed by atoms with E-state index in [1.807, 2.05) is 4.57 Å². The third-order valence-corrected chi connectivity index (χ3v) is 3.77. The number of aromatic nitrogens is 3. The maximum atomic E-state index is 5.12. The monoisotopic (exact) mass is 225 g/mol. The molecule has 1 aromatic heterocycles. The van der Waals surface area contributed by atoms with Crippen molar-refractivity contribution in [1.29, 1.82) is 0 Å². The van der Waals surface area contributed by atoms with Crippen LogP contribution < -0.4 is 0 Å². The first-order valence-corrected chi connectivity index (χ1v) is 6.26. The van der Waals surface area contributed by atoms with Gasteiger partial charge in [-0.25, -0.2) is 0 Å². The number of H-pyrrole nitrogens is 1. The zero-order chi connectivity index (χ0) is 10.7. The Morgan fingerprint density at radius 3 is 3.13 bits per heavy atom. The van der Waals surface area contributed by atoms with Crippen LogP contribution >= 0.6 is 12.2 Å². The van der Waals surface area contributed by atoms with Crippen LogP contribution in [0.25, 0.3) is 0 Å². The lowest BCUT2D eigenvalue weighted by Crippen LogP contribution is -2.15. The molecule has 1 heterocycles. The number of nitrogens with one attached hydrogen (secondary N) is 1. The molecule has 1 aliphatic rings. The molecule has 2 rings (SSSR count). The number of hydrogen-bond donors (Lipinski definition) is 1. The van der Waals surface area contributed by atoms with E-state index in [0.29, 0.717) is 0 Å². The van der Waals surface area contributed by atoms with Crippen molar-refractivity contribution in [3.63, 3.8) is 0 Å². The van der Waals surface area contributed by atoms with E-state index in [-0.39, 0.29) is 0 Å². The normalized spacial score (nSPS) is 26.7. The number of hydrogen-bond acceptors (Lipinski definition) is 2.